The van der Waals surface area contributed by atoms with Gasteiger partial charge in [0.05, 0.1) is 39.9 Å². The zero-order valence-electron chi connectivity index (χ0n) is 41.8. The molecule has 0 aromatic rings. The van der Waals surface area contributed by atoms with Crippen molar-refractivity contribution in [1.82, 2.24) is 5.32 Å². The van der Waals surface area contributed by atoms with Crippen molar-refractivity contribution in [1.29, 1.82) is 0 Å². The minimum absolute atomic E-state index is 0.00385. The Morgan fingerprint density at radius 3 is 1.31 bits per heavy atom. The zero-order chi connectivity index (χ0) is 45.7. The van der Waals surface area contributed by atoms with Crippen LogP contribution < -0.4 is 10.2 Å². The van der Waals surface area contributed by atoms with Crippen molar-refractivity contribution in [2.24, 2.45) is 0 Å². The lowest BCUT2D eigenvalue weighted by Gasteiger charge is -2.29. The molecule has 0 bridgehead atoms. The van der Waals surface area contributed by atoms with E-state index in [2.05, 4.69) is 31.3 Å². The highest BCUT2D eigenvalue weighted by atomic mass is 31.2. The van der Waals surface area contributed by atoms with E-state index in [9.17, 15) is 19.4 Å². The molecule has 0 saturated carbocycles. The summed E-state index contributed by atoms with van der Waals surface area (Å²) in [7, 11) is 1.26. The van der Waals surface area contributed by atoms with Gasteiger partial charge < -0.3 is 28.8 Å². The van der Waals surface area contributed by atoms with Crippen LogP contribution in [-0.2, 0) is 18.4 Å². The third-order valence-corrected chi connectivity index (χ3v) is 13.1. The molecule has 0 heterocycles. The fourth-order valence-corrected chi connectivity index (χ4v) is 8.66. The van der Waals surface area contributed by atoms with Gasteiger partial charge in [0.15, 0.2) is 0 Å². The normalized spacial score (nSPS) is 14.2. The van der Waals surface area contributed by atoms with Crippen molar-refractivity contribution in [3.05, 3.63) is 24.3 Å². The standard InChI is InChI=1S/C53H105N2O6P/c1-6-8-10-12-14-16-18-20-22-24-26-28-30-32-34-36-38-40-42-44-46-52(56)51(50-61-62(58,59)60-49-48-55(3,4)5)54-53(57)47-45-43-41-39-37-35-33-31-29-27-25-23-21-19-17-15-13-11-9-7-2/h36,38,44,46,51-52,56H,6-35,37,39-43,45,47-50H2,1-5H3,(H-,54,57,58,59)/b38-36+,46-44+. The van der Waals surface area contributed by atoms with Gasteiger partial charge in [-0.05, 0) is 32.1 Å². The molecule has 0 fully saturated rings. The molecule has 9 heteroatoms. The quantitative estimate of drug-likeness (QED) is 0.0273. The number of phosphoric acid groups is 1. The van der Waals surface area contributed by atoms with Gasteiger partial charge >= 0.3 is 0 Å². The summed E-state index contributed by atoms with van der Waals surface area (Å²) in [4.78, 5) is 25.4. The first-order valence-corrected chi connectivity index (χ1v) is 28.2. The highest BCUT2D eigenvalue weighted by Crippen LogP contribution is 2.38. The molecule has 0 rings (SSSR count). The molecular weight excluding hydrogens is 792 g/mol. The number of nitrogens with zero attached hydrogens (tertiary/aromatic N) is 1. The number of allylic oxidation sites excluding steroid dienone is 3. The van der Waals surface area contributed by atoms with Crippen molar-refractivity contribution in [3.63, 3.8) is 0 Å². The summed E-state index contributed by atoms with van der Waals surface area (Å²) < 4.78 is 23.3. The largest absolute Gasteiger partial charge is 0.756 e. The van der Waals surface area contributed by atoms with Crippen LogP contribution in [0.3, 0.4) is 0 Å². The number of phosphoric ester groups is 1. The van der Waals surface area contributed by atoms with E-state index >= 15 is 0 Å². The number of hydrogen-bond donors (Lipinski definition) is 2. The summed E-state index contributed by atoms with van der Waals surface area (Å²) in [6.45, 7) is 4.66. The lowest BCUT2D eigenvalue weighted by molar-refractivity contribution is -0.870. The molecule has 3 unspecified atom stereocenters. The van der Waals surface area contributed by atoms with Gasteiger partial charge in [-0.25, -0.2) is 0 Å². The van der Waals surface area contributed by atoms with Crippen LogP contribution in [0.5, 0.6) is 0 Å². The maximum absolute atomic E-state index is 12.9. The van der Waals surface area contributed by atoms with Crippen LogP contribution >= 0.6 is 7.82 Å². The molecule has 0 aliphatic heterocycles. The number of amides is 1. The van der Waals surface area contributed by atoms with E-state index in [1.807, 2.05) is 27.2 Å². The fourth-order valence-electron chi connectivity index (χ4n) is 7.94. The second-order valence-electron chi connectivity index (χ2n) is 19.6. The Labute approximate surface area is 385 Å². The predicted octanol–water partition coefficient (Wildman–Crippen LogP) is 15.0. The molecule has 3 atom stereocenters. The SMILES string of the molecule is CCCCCCCCCCCCCCCC/C=C/CC/C=C/C(O)C(COP(=O)([O-])OCC[N+](C)(C)C)NC(=O)CCCCCCCCCCCCCCCCCCCCCC. The van der Waals surface area contributed by atoms with Crippen molar-refractivity contribution in [2.45, 2.75) is 270 Å². The summed E-state index contributed by atoms with van der Waals surface area (Å²) in [6, 6.07) is -0.899. The van der Waals surface area contributed by atoms with Crippen LogP contribution in [0.4, 0.5) is 0 Å². The van der Waals surface area contributed by atoms with Gasteiger partial charge in [0.25, 0.3) is 7.82 Å². The van der Waals surface area contributed by atoms with E-state index in [0.717, 1.165) is 38.5 Å². The maximum atomic E-state index is 12.9. The molecule has 2 N–H and O–H groups in total. The van der Waals surface area contributed by atoms with E-state index in [1.54, 1.807) is 6.08 Å². The van der Waals surface area contributed by atoms with Gasteiger partial charge in [0.2, 0.25) is 5.91 Å². The minimum atomic E-state index is -4.60. The van der Waals surface area contributed by atoms with Gasteiger partial charge in [-0.1, -0.05) is 244 Å². The van der Waals surface area contributed by atoms with Crippen LogP contribution in [0.25, 0.3) is 0 Å². The molecule has 0 spiro atoms. The van der Waals surface area contributed by atoms with Gasteiger partial charge in [0, 0.05) is 6.42 Å². The summed E-state index contributed by atoms with van der Waals surface area (Å²) >= 11 is 0. The maximum Gasteiger partial charge on any atom is 0.268 e. The Kier molecular flexibility index (Phi) is 44.4. The Morgan fingerprint density at radius 2 is 0.903 bits per heavy atom. The molecule has 0 radical (unpaired) electrons. The number of carbonyl (C=O) groups excluding carboxylic acids is 1. The second-order valence-corrected chi connectivity index (χ2v) is 21.0. The van der Waals surface area contributed by atoms with Crippen LogP contribution in [0, 0.1) is 0 Å². The summed E-state index contributed by atoms with van der Waals surface area (Å²) in [6.07, 6.45) is 55.3. The zero-order valence-corrected chi connectivity index (χ0v) is 42.7. The number of nitrogens with one attached hydrogen (secondary N) is 1. The second kappa shape index (κ2) is 45.1. The molecule has 0 saturated heterocycles. The molecule has 0 aromatic heterocycles. The van der Waals surface area contributed by atoms with E-state index in [1.165, 1.54) is 199 Å². The van der Waals surface area contributed by atoms with Gasteiger partial charge in [-0.15, -0.1) is 0 Å². The third-order valence-electron chi connectivity index (χ3n) is 12.2. The molecule has 62 heavy (non-hydrogen) atoms. The van der Waals surface area contributed by atoms with Gasteiger partial charge in [-0.2, -0.15) is 0 Å². The fraction of sp³-hybridized carbons (Fsp3) is 0.906. The average molecular weight is 897 g/mol. The molecule has 0 aromatic carbocycles. The molecule has 0 aliphatic rings. The summed E-state index contributed by atoms with van der Waals surface area (Å²) in [5.74, 6) is -0.202. The number of rotatable bonds is 49. The van der Waals surface area contributed by atoms with Crippen LogP contribution in [-0.4, -0.2) is 68.5 Å². The van der Waals surface area contributed by atoms with Crippen molar-refractivity contribution >= 4 is 13.7 Å². The lowest BCUT2D eigenvalue weighted by Crippen LogP contribution is -2.45. The molecule has 368 valence electrons. The van der Waals surface area contributed by atoms with Crippen LogP contribution in [0.15, 0.2) is 24.3 Å². The molecule has 0 aliphatic carbocycles. The van der Waals surface area contributed by atoms with E-state index in [-0.39, 0.29) is 19.1 Å². The first-order chi connectivity index (χ1) is 30.0. The van der Waals surface area contributed by atoms with Gasteiger partial charge in [-0.3, -0.25) is 9.36 Å². The van der Waals surface area contributed by atoms with Crippen LogP contribution in [0.2, 0.25) is 0 Å². The third kappa shape index (κ3) is 47.0. The Bertz CT molecular complexity index is 1060. The molecular formula is C53H105N2O6P. The van der Waals surface area contributed by atoms with E-state index in [4.69, 9.17) is 9.05 Å². The number of aliphatic hydroxyl groups is 1. The van der Waals surface area contributed by atoms with Crippen LogP contribution in [0.1, 0.15) is 258 Å². The van der Waals surface area contributed by atoms with Gasteiger partial charge in [0.1, 0.15) is 13.2 Å². The predicted molar refractivity (Wildman–Crippen MR) is 265 cm³/mol. The first-order valence-electron chi connectivity index (χ1n) is 26.7. The number of likely N-dealkylation sites (N-methyl/N-ethyl adjacent to an activating group) is 1. The summed E-state index contributed by atoms with van der Waals surface area (Å²) in [5, 5.41) is 13.8. The minimum Gasteiger partial charge on any atom is -0.756 e. The highest BCUT2D eigenvalue weighted by molar-refractivity contribution is 7.45. The number of quaternary nitrogens is 1. The topological polar surface area (TPSA) is 108 Å². The monoisotopic (exact) mass is 897 g/mol. The Hall–Kier alpha value is -1.02. The average Bonchev–Trinajstić information content (AvgIpc) is 3.23. The Balaban J connectivity index is 4.30. The van der Waals surface area contributed by atoms with Crippen molar-refractivity contribution < 1.29 is 32.9 Å². The lowest BCUT2D eigenvalue weighted by atomic mass is 10.0. The smallest absolute Gasteiger partial charge is 0.268 e. The number of hydrogen-bond acceptors (Lipinski definition) is 6. The van der Waals surface area contributed by atoms with Crippen molar-refractivity contribution in [3.8, 4) is 0 Å². The first kappa shape index (κ1) is 61.0. The van der Waals surface area contributed by atoms with E-state index < -0.39 is 20.0 Å². The Morgan fingerprint density at radius 1 is 0.548 bits per heavy atom. The number of aliphatic hydroxyl groups excluding tert-OH is 1. The highest BCUT2D eigenvalue weighted by Gasteiger charge is 2.23. The molecule has 1 amide bonds. The number of unbranched alkanes of at least 4 members (excludes halogenated alkanes) is 34. The van der Waals surface area contributed by atoms with E-state index in [0.29, 0.717) is 17.4 Å². The molecule has 8 nitrogen and oxygen atoms in total. The number of carbonyl (C=O) groups is 1. The van der Waals surface area contributed by atoms with Crippen molar-refractivity contribution in [2.75, 3.05) is 40.9 Å². The summed E-state index contributed by atoms with van der Waals surface area (Å²) in [5.41, 5.74) is 0.